The zero-order valence-corrected chi connectivity index (χ0v) is 19.9. The molecule has 1 fully saturated rings. The maximum Gasteiger partial charge on any atom is 0.227 e. The maximum atomic E-state index is 12.1. The van der Waals surface area contributed by atoms with Crippen molar-refractivity contribution in [2.24, 2.45) is 4.99 Å². The van der Waals surface area contributed by atoms with E-state index in [9.17, 15) is 4.79 Å². The van der Waals surface area contributed by atoms with Crippen LogP contribution >= 0.6 is 24.0 Å². The highest BCUT2D eigenvalue weighted by atomic mass is 127. The van der Waals surface area contributed by atoms with Crippen LogP contribution in [0.2, 0.25) is 0 Å². The van der Waals surface area contributed by atoms with Crippen LogP contribution in [-0.2, 0) is 4.79 Å². The summed E-state index contributed by atoms with van der Waals surface area (Å²) in [4.78, 5) is 23.3. The number of benzene rings is 1. The summed E-state index contributed by atoms with van der Waals surface area (Å²) < 4.78 is 0. The Hall–Kier alpha value is -2.36. The Morgan fingerprint density at radius 1 is 1.23 bits per heavy atom. The number of para-hydroxylation sites is 1. The molecule has 1 atom stereocenters. The van der Waals surface area contributed by atoms with Crippen LogP contribution in [0.3, 0.4) is 0 Å². The molecule has 3 N–H and O–H groups in total. The number of anilines is 2. The van der Waals surface area contributed by atoms with Gasteiger partial charge in [0, 0.05) is 44.0 Å². The Kier molecular flexibility index (Phi) is 9.85. The van der Waals surface area contributed by atoms with E-state index in [-0.39, 0.29) is 29.9 Å². The molecule has 0 radical (unpaired) electrons. The lowest BCUT2D eigenvalue weighted by Crippen LogP contribution is -2.44. The van der Waals surface area contributed by atoms with E-state index in [4.69, 9.17) is 0 Å². The number of carbonyl (C=O) groups excluding carboxylic acids is 1. The summed E-state index contributed by atoms with van der Waals surface area (Å²) in [6.45, 7) is 7.16. The number of aliphatic imine (C=N–C) groups is 1. The van der Waals surface area contributed by atoms with Crippen molar-refractivity contribution < 1.29 is 4.79 Å². The summed E-state index contributed by atoms with van der Waals surface area (Å²) in [7, 11) is 0. The summed E-state index contributed by atoms with van der Waals surface area (Å²) in [5.41, 5.74) is 2.31. The van der Waals surface area contributed by atoms with E-state index in [1.54, 1.807) is 12.3 Å². The van der Waals surface area contributed by atoms with E-state index >= 15 is 0 Å². The molecule has 1 amide bonds. The molecule has 1 aliphatic rings. The Labute approximate surface area is 195 Å². The number of hydrogen-bond donors (Lipinski definition) is 3. The molecule has 1 aromatic heterocycles. The van der Waals surface area contributed by atoms with E-state index in [1.807, 2.05) is 26.0 Å². The minimum atomic E-state index is -0.0860. The highest BCUT2D eigenvalue weighted by molar-refractivity contribution is 14.0. The second-order valence-electron chi connectivity index (χ2n) is 7.19. The standard InChI is InChI=1S/C22H30N6O.HI/c1-3-23-22(24-13-11-21(29)27-20-10-9-17(2)15-25-20)26-18-12-14-28(16-18)19-7-5-4-6-8-19;/h4-10,15,18H,3,11-14,16H2,1-2H3,(H2,23,24,26)(H,25,27,29);1H. The zero-order valence-electron chi connectivity index (χ0n) is 17.6. The number of pyridine rings is 1. The molecule has 7 nitrogen and oxygen atoms in total. The molecule has 2 aromatic rings. The third kappa shape index (κ3) is 7.47. The predicted molar refractivity (Wildman–Crippen MR) is 134 cm³/mol. The molecule has 0 spiro atoms. The minimum Gasteiger partial charge on any atom is -0.369 e. The molecule has 162 valence electrons. The fourth-order valence-electron chi connectivity index (χ4n) is 3.28. The van der Waals surface area contributed by atoms with Gasteiger partial charge in [-0.3, -0.25) is 9.79 Å². The summed E-state index contributed by atoms with van der Waals surface area (Å²) in [6.07, 6.45) is 3.10. The molecule has 1 unspecified atom stereocenters. The van der Waals surface area contributed by atoms with Crippen molar-refractivity contribution in [1.29, 1.82) is 0 Å². The molecule has 8 heteroatoms. The van der Waals surface area contributed by atoms with E-state index in [2.05, 4.69) is 55.1 Å². The van der Waals surface area contributed by atoms with Gasteiger partial charge < -0.3 is 20.9 Å². The van der Waals surface area contributed by atoms with Gasteiger partial charge in [0.15, 0.2) is 5.96 Å². The number of guanidine groups is 1. The first-order valence-electron chi connectivity index (χ1n) is 10.2. The first-order chi connectivity index (χ1) is 14.1. The monoisotopic (exact) mass is 522 g/mol. The van der Waals surface area contributed by atoms with Gasteiger partial charge in [0.1, 0.15) is 5.82 Å². The number of rotatable bonds is 7. The van der Waals surface area contributed by atoms with E-state index < -0.39 is 0 Å². The highest BCUT2D eigenvalue weighted by Gasteiger charge is 2.23. The maximum absolute atomic E-state index is 12.1. The van der Waals surface area contributed by atoms with Gasteiger partial charge in [-0.1, -0.05) is 24.3 Å². The second-order valence-corrected chi connectivity index (χ2v) is 7.19. The van der Waals surface area contributed by atoms with Gasteiger partial charge in [0.2, 0.25) is 5.91 Å². The topological polar surface area (TPSA) is 81.6 Å². The van der Waals surface area contributed by atoms with Gasteiger partial charge in [-0.25, -0.2) is 4.98 Å². The van der Waals surface area contributed by atoms with Crippen molar-refractivity contribution in [3.05, 3.63) is 54.2 Å². The first kappa shape index (κ1) is 23.9. The normalized spacial score (nSPS) is 16.0. The number of aryl methyl sites for hydroxylation is 1. The van der Waals surface area contributed by atoms with Crippen molar-refractivity contribution in [3.63, 3.8) is 0 Å². The smallest absolute Gasteiger partial charge is 0.227 e. The van der Waals surface area contributed by atoms with Crippen molar-refractivity contribution in [2.75, 3.05) is 36.4 Å². The van der Waals surface area contributed by atoms with Crippen LogP contribution in [0.1, 0.15) is 25.3 Å². The Balaban J connectivity index is 0.00000320. The Morgan fingerprint density at radius 2 is 2.03 bits per heavy atom. The summed E-state index contributed by atoms with van der Waals surface area (Å²) >= 11 is 0. The summed E-state index contributed by atoms with van der Waals surface area (Å²) in [6, 6.07) is 14.5. The van der Waals surface area contributed by atoms with Crippen molar-refractivity contribution >= 4 is 47.3 Å². The molecule has 1 aliphatic heterocycles. The lowest BCUT2D eigenvalue weighted by atomic mass is 10.2. The third-order valence-corrected chi connectivity index (χ3v) is 4.78. The molecule has 0 saturated carbocycles. The van der Waals surface area contributed by atoms with Gasteiger partial charge in [-0.2, -0.15) is 0 Å². The second kappa shape index (κ2) is 12.4. The van der Waals surface area contributed by atoms with Gasteiger partial charge in [-0.05, 0) is 44.0 Å². The van der Waals surface area contributed by atoms with Crippen LogP contribution < -0.4 is 20.9 Å². The number of nitrogens with zero attached hydrogens (tertiary/aromatic N) is 3. The zero-order chi connectivity index (χ0) is 20.5. The van der Waals surface area contributed by atoms with Gasteiger partial charge >= 0.3 is 0 Å². The van der Waals surface area contributed by atoms with E-state index in [1.165, 1.54) is 5.69 Å². The Bertz CT molecular complexity index is 812. The fraction of sp³-hybridized carbons (Fsp3) is 0.409. The van der Waals surface area contributed by atoms with Crippen molar-refractivity contribution in [2.45, 2.75) is 32.7 Å². The quantitative estimate of drug-likeness (QED) is 0.296. The molecule has 30 heavy (non-hydrogen) atoms. The van der Waals surface area contributed by atoms with Crippen LogP contribution in [0.5, 0.6) is 0 Å². The van der Waals surface area contributed by atoms with Crippen molar-refractivity contribution in [3.8, 4) is 0 Å². The van der Waals surface area contributed by atoms with Gasteiger partial charge in [-0.15, -0.1) is 24.0 Å². The number of nitrogens with one attached hydrogen (secondary N) is 3. The van der Waals surface area contributed by atoms with Crippen LogP contribution in [0.4, 0.5) is 11.5 Å². The van der Waals surface area contributed by atoms with Gasteiger partial charge in [0.25, 0.3) is 0 Å². The van der Waals surface area contributed by atoms with Crippen LogP contribution in [0.25, 0.3) is 0 Å². The van der Waals surface area contributed by atoms with Crippen LogP contribution in [0, 0.1) is 6.92 Å². The lowest BCUT2D eigenvalue weighted by molar-refractivity contribution is -0.116. The predicted octanol–water partition coefficient (Wildman–Crippen LogP) is 3.17. The first-order valence-corrected chi connectivity index (χ1v) is 10.2. The Morgan fingerprint density at radius 3 is 2.73 bits per heavy atom. The summed E-state index contributed by atoms with van der Waals surface area (Å²) in [5, 5.41) is 9.57. The molecule has 0 aliphatic carbocycles. The number of halogens is 1. The number of aromatic nitrogens is 1. The van der Waals surface area contributed by atoms with Gasteiger partial charge in [0.05, 0.1) is 6.54 Å². The average Bonchev–Trinajstić information content (AvgIpc) is 3.19. The van der Waals surface area contributed by atoms with E-state index in [0.29, 0.717) is 24.8 Å². The summed E-state index contributed by atoms with van der Waals surface area (Å²) in [5.74, 6) is 1.24. The minimum absolute atomic E-state index is 0. The SMILES string of the molecule is CCNC(=NCCC(=O)Nc1ccc(C)cn1)NC1CCN(c2ccccc2)C1.I. The number of hydrogen-bond acceptors (Lipinski definition) is 4. The molecule has 2 heterocycles. The fourth-order valence-corrected chi connectivity index (χ4v) is 3.28. The largest absolute Gasteiger partial charge is 0.369 e. The van der Waals surface area contributed by atoms with Crippen LogP contribution in [0.15, 0.2) is 53.7 Å². The molecular weight excluding hydrogens is 491 g/mol. The molecule has 1 aromatic carbocycles. The third-order valence-electron chi connectivity index (χ3n) is 4.78. The van der Waals surface area contributed by atoms with Crippen molar-refractivity contribution in [1.82, 2.24) is 15.6 Å². The van der Waals surface area contributed by atoms with Crippen LogP contribution in [-0.4, -0.2) is 49.1 Å². The van der Waals surface area contributed by atoms with E-state index in [0.717, 1.165) is 37.6 Å². The lowest BCUT2D eigenvalue weighted by Gasteiger charge is -2.20. The molecule has 0 bridgehead atoms. The molecule has 3 rings (SSSR count). The molecular formula is C22H31IN6O. The number of carbonyl (C=O) groups is 1. The molecule has 1 saturated heterocycles. The average molecular weight is 522 g/mol. The highest BCUT2D eigenvalue weighted by Crippen LogP contribution is 2.19. The number of amides is 1.